The summed E-state index contributed by atoms with van der Waals surface area (Å²) in [5.74, 6) is -1.87. The Morgan fingerprint density at radius 2 is 1.55 bits per heavy atom. The third kappa shape index (κ3) is 4.82. The van der Waals surface area contributed by atoms with Gasteiger partial charge in [-0.05, 0) is 48.9 Å². The van der Waals surface area contributed by atoms with Crippen molar-refractivity contribution < 1.29 is 33.7 Å². The molecule has 0 fully saturated rings. The van der Waals surface area contributed by atoms with Crippen LogP contribution in [0.15, 0.2) is 60.7 Å². The zero-order chi connectivity index (χ0) is 27.6. The molecule has 1 atom stereocenters. The summed E-state index contributed by atoms with van der Waals surface area (Å²) < 4.78 is 10.7. The number of rotatable bonds is 8. The summed E-state index contributed by atoms with van der Waals surface area (Å²) in [6.45, 7) is 1.38. The highest BCUT2D eigenvalue weighted by molar-refractivity contribution is 6.22. The van der Waals surface area contributed by atoms with Gasteiger partial charge < -0.3 is 9.47 Å². The van der Waals surface area contributed by atoms with Crippen molar-refractivity contribution in [1.29, 1.82) is 0 Å². The van der Waals surface area contributed by atoms with Gasteiger partial charge in [-0.1, -0.05) is 24.3 Å². The van der Waals surface area contributed by atoms with Gasteiger partial charge in [0.15, 0.2) is 11.5 Å². The fourth-order valence-electron chi connectivity index (χ4n) is 3.86. The quantitative estimate of drug-likeness (QED) is 0.106. The standard InChI is InChI=1S/C26H19N3O9/c1-15(27-24(30)19-5-3-4-6-20(19)25(27)31)26(32)38-22-12-8-16(13-23(22)37-2)7-9-17-10-11-18(28(33)34)14-21(17)29(35)36/h3-15H,1-2H3. The number of methoxy groups -OCH3 is 1. The minimum Gasteiger partial charge on any atom is -0.493 e. The number of esters is 1. The Morgan fingerprint density at radius 1 is 0.895 bits per heavy atom. The number of imide groups is 1. The number of benzene rings is 3. The van der Waals surface area contributed by atoms with Gasteiger partial charge >= 0.3 is 5.97 Å². The molecule has 3 aromatic rings. The van der Waals surface area contributed by atoms with E-state index in [1.165, 1.54) is 56.5 Å². The maximum absolute atomic E-state index is 12.8. The van der Waals surface area contributed by atoms with E-state index in [0.717, 1.165) is 17.0 Å². The monoisotopic (exact) mass is 517 g/mol. The topological polar surface area (TPSA) is 159 Å². The molecule has 0 aromatic heterocycles. The molecule has 0 spiro atoms. The SMILES string of the molecule is COc1cc(C=Cc2ccc([N+](=O)[O-])cc2[N+](=O)[O-])ccc1OC(=O)C(C)N1C(=O)c2ccccc2C1=O. The van der Waals surface area contributed by atoms with Crippen molar-refractivity contribution in [3.05, 3.63) is 103 Å². The second-order valence-corrected chi connectivity index (χ2v) is 8.12. The van der Waals surface area contributed by atoms with Crippen molar-refractivity contribution in [2.45, 2.75) is 13.0 Å². The smallest absolute Gasteiger partial charge is 0.334 e. The first-order valence-corrected chi connectivity index (χ1v) is 11.1. The molecule has 1 aliphatic rings. The average molecular weight is 517 g/mol. The molecule has 3 aromatic carbocycles. The Kier molecular flexibility index (Phi) is 6.97. The summed E-state index contributed by atoms with van der Waals surface area (Å²) in [6, 6.07) is 12.8. The lowest BCUT2D eigenvalue weighted by molar-refractivity contribution is -0.394. The second kappa shape index (κ2) is 10.3. The van der Waals surface area contributed by atoms with E-state index in [1.54, 1.807) is 18.2 Å². The molecule has 0 N–H and O–H groups in total. The third-order valence-corrected chi connectivity index (χ3v) is 5.83. The van der Waals surface area contributed by atoms with Crippen LogP contribution in [0.1, 0.15) is 38.8 Å². The van der Waals surface area contributed by atoms with E-state index in [9.17, 15) is 34.6 Å². The van der Waals surface area contributed by atoms with Crippen LogP contribution >= 0.6 is 0 Å². The maximum Gasteiger partial charge on any atom is 0.334 e. The molecule has 0 saturated carbocycles. The number of amides is 2. The highest BCUT2D eigenvalue weighted by Crippen LogP contribution is 2.32. The molecule has 4 rings (SSSR count). The molecule has 1 aliphatic heterocycles. The Labute approximate surface area is 215 Å². The lowest BCUT2D eigenvalue weighted by Gasteiger charge is -2.21. The number of fused-ring (bicyclic) bond motifs is 1. The van der Waals surface area contributed by atoms with E-state index in [-0.39, 0.29) is 28.2 Å². The Balaban J connectivity index is 1.52. The van der Waals surface area contributed by atoms with Crippen molar-refractivity contribution in [1.82, 2.24) is 4.90 Å². The number of hydrogen-bond donors (Lipinski definition) is 0. The number of non-ortho nitro benzene ring substituents is 1. The van der Waals surface area contributed by atoms with Crippen LogP contribution in [0.2, 0.25) is 0 Å². The summed E-state index contributed by atoms with van der Waals surface area (Å²) in [5, 5.41) is 22.3. The fraction of sp³-hybridized carbons (Fsp3) is 0.115. The molecule has 0 aliphatic carbocycles. The highest BCUT2D eigenvalue weighted by Gasteiger charge is 2.41. The summed E-state index contributed by atoms with van der Waals surface area (Å²) in [7, 11) is 1.34. The summed E-state index contributed by atoms with van der Waals surface area (Å²) >= 11 is 0. The number of ether oxygens (including phenoxy) is 2. The molecular weight excluding hydrogens is 498 g/mol. The Bertz CT molecular complexity index is 1500. The van der Waals surface area contributed by atoms with Crippen LogP contribution < -0.4 is 9.47 Å². The molecule has 192 valence electrons. The van der Waals surface area contributed by atoms with Crippen LogP contribution in [-0.2, 0) is 4.79 Å². The molecule has 1 heterocycles. The van der Waals surface area contributed by atoms with Crippen LogP contribution in [-0.4, -0.2) is 45.7 Å². The van der Waals surface area contributed by atoms with Gasteiger partial charge in [0, 0.05) is 6.07 Å². The van der Waals surface area contributed by atoms with E-state index in [4.69, 9.17) is 9.47 Å². The van der Waals surface area contributed by atoms with Crippen LogP contribution in [0.3, 0.4) is 0 Å². The molecule has 12 heteroatoms. The summed E-state index contributed by atoms with van der Waals surface area (Å²) in [6.07, 6.45) is 2.93. The molecule has 1 unspecified atom stereocenters. The summed E-state index contributed by atoms with van der Waals surface area (Å²) in [5.41, 5.74) is 0.234. The van der Waals surface area contributed by atoms with Crippen LogP contribution in [0.25, 0.3) is 12.2 Å². The van der Waals surface area contributed by atoms with Crippen molar-refractivity contribution in [2.75, 3.05) is 7.11 Å². The predicted octanol–water partition coefficient (Wildman–Crippen LogP) is 4.27. The summed E-state index contributed by atoms with van der Waals surface area (Å²) in [4.78, 5) is 59.8. The van der Waals surface area contributed by atoms with E-state index < -0.39 is 45.0 Å². The van der Waals surface area contributed by atoms with E-state index in [1.807, 2.05) is 0 Å². The van der Waals surface area contributed by atoms with Crippen molar-refractivity contribution in [3.63, 3.8) is 0 Å². The van der Waals surface area contributed by atoms with Gasteiger partial charge in [0.2, 0.25) is 0 Å². The highest BCUT2D eigenvalue weighted by atomic mass is 16.6. The van der Waals surface area contributed by atoms with Gasteiger partial charge in [0.25, 0.3) is 23.2 Å². The van der Waals surface area contributed by atoms with Gasteiger partial charge in [0.1, 0.15) is 6.04 Å². The number of nitro groups is 2. The number of nitro benzene ring substituents is 2. The van der Waals surface area contributed by atoms with Gasteiger partial charge in [-0.2, -0.15) is 0 Å². The number of nitrogens with zero attached hydrogens (tertiary/aromatic N) is 3. The molecule has 12 nitrogen and oxygen atoms in total. The van der Waals surface area contributed by atoms with Gasteiger partial charge in [-0.25, -0.2) is 4.79 Å². The minimum absolute atomic E-state index is 0.0272. The molecule has 0 radical (unpaired) electrons. The van der Waals surface area contributed by atoms with Crippen molar-refractivity contribution in [3.8, 4) is 11.5 Å². The number of carbonyl (C=O) groups is 3. The average Bonchev–Trinajstić information content (AvgIpc) is 3.16. The van der Waals surface area contributed by atoms with Crippen molar-refractivity contribution >= 4 is 41.3 Å². The Morgan fingerprint density at radius 3 is 2.13 bits per heavy atom. The van der Waals surface area contributed by atoms with Gasteiger partial charge in [0.05, 0.1) is 39.7 Å². The van der Waals surface area contributed by atoms with Gasteiger partial charge in [-0.15, -0.1) is 0 Å². The van der Waals surface area contributed by atoms with Crippen molar-refractivity contribution in [2.24, 2.45) is 0 Å². The third-order valence-electron chi connectivity index (χ3n) is 5.83. The van der Waals surface area contributed by atoms with Crippen LogP contribution in [0.4, 0.5) is 11.4 Å². The Hall–Kier alpha value is -5.39. The zero-order valence-electron chi connectivity index (χ0n) is 20.0. The maximum atomic E-state index is 12.8. The van der Waals surface area contributed by atoms with Crippen LogP contribution in [0, 0.1) is 20.2 Å². The normalized spacial score (nSPS) is 13.4. The number of carbonyl (C=O) groups excluding carboxylic acids is 3. The molecule has 2 amide bonds. The molecular formula is C26H19N3O9. The van der Waals surface area contributed by atoms with Crippen LogP contribution in [0.5, 0.6) is 11.5 Å². The lowest BCUT2D eigenvalue weighted by atomic mass is 10.1. The van der Waals surface area contributed by atoms with Gasteiger partial charge in [-0.3, -0.25) is 34.7 Å². The predicted molar refractivity (Wildman–Crippen MR) is 134 cm³/mol. The van der Waals surface area contributed by atoms with E-state index >= 15 is 0 Å². The first-order valence-electron chi connectivity index (χ1n) is 11.1. The largest absolute Gasteiger partial charge is 0.493 e. The molecule has 0 bridgehead atoms. The first kappa shape index (κ1) is 25.7. The van der Waals surface area contributed by atoms with E-state index in [0.29, 0.717) is 5.56 Å². The second-order valence-electron chi connectivity index (χ2n) is 8.12. The minimum atomic E-state index is -1.21. The molecule has 38 heavy (non-hydrogen) atoms. The lowest BCUT2D eigenvalue weighted by Crippen LogP contribution is -2.44. The first-order chi connectivity index (χ1) is 18.1. The zero-order valence-corrected chi connectivity index (χ0v) is 20.0. The fourth-order valence-corrected chi connectivity index (χ4v) is 3.86. The number of hydrogen-bond acceptors (Lipinski definition) is 9. The molecule has 0 saturated heterocycles. The van der Waals surface area contributed by atoms with E-state index in [2.05, 4.69) is 0 Å².